The number of alkyl carbamates (subject to hydrolysis) is 1. The van der Waals surface area contributed by atoms with Crippen LogP contribution in [0.1, 0.15) is 32.8 Å². The average molecular weight is 337 g/mol. The van der Waals surface area contributed by atoms with Gasteiger partial charge in [-0.1, -0.05) is 30.3 Å². The predicted molar refractivity (Wildman–Crippen MR) is 86.0 cm³/mol. The molecule has 1 unspecified atom stereocenters. The Morgan fingerprint density at radius 1 is 1.12 bits per heavy atom. The number of esters is 2. The normalized spacial score (nSPS) is 12.0. The quantitative estimate of drug-likeness (QED) is 0.632. The van der Waals surface area contributed by atoms with E-state index in [2.05, 4.69) is 10.1 Å². The van der Waals surface area contributed by atoms with Crippen molar-refractivity contribution in [1.82, 2.24) is 5.32 Å². The standard InChI is InChI=1S/C17H23NO6/c1-17(2,3)24-16(21)18-13(15(20)22-4)10-14(19)23-11-12-8-6-5-7-9-12/h5-9,13H,10-11H2,1-4H3,(H,18,21). The van der Waals surface area contributed by atoms with Crippen LogP contribution in [0.15, 0.2) is 30.3 Å². The second-order valence-corrected chi connectivity index (χ2v) is 6.07. The first-order chi connectivity index (χ1) is 11.2. The molecule has 0 saturated carbocycles. The SMILES string of the molecule is COC(=O)C(CC(=O)OCc1ccccc1)NC(=O)OC(C)(C)C. The van der Waals surface area contributed by atoms with E-state index in [9.17, 15) is 14.4 Å². The van der Waals surface area contributed by atoms with Crippen molar-refractivity contribution in [2.45, 2.75) is 45.4 Å². The second-order valence-electron chi connectivity index (χ2n) is 6.07. The van der Waals surface area contributed by atoms with Crippen LogP contribution in [-0.2, 0) is 30.4 Å². The Hall–Kier alpha value is -2.57. The van der Waals surface area contributed by atoms with Gasteiger partial charge in [0.25, 0.3) is 0 Å². The van der Waals surface area contributed by atoms with Crippen molar-refractivity contribution in [3.8, 4) is 0 Å². The molecule has 0 aromatic heterocycles. The summed E-state index contributed by atoms with van der Waals surface area (Å²) in [5.41, 5.74) is 0.0963. The largest absolute Gasteiger partial charge is 0.467 e. The predicted octanol–water partition coefficient (Wildman–Crippen LogP) is 2.19. The van der Waals surface area contributed by atoms with Gasteiger partial charge in [0, 0.05) is 0 Å². The van der Waals surface area contributed by atoms with Gasteiger partial charge in [-0.3, -0.25) is 4.79 Å². The minimum atomic E-state index is -1.17. The fourth-order valence-corrected chi connectivity index (χ4v) is 1.75. The zero-order valence-electron chi connectivity index (χ0n) is 14.3. The summed E-state index contributed by atoms with van der Waals surface area (Å²) in [6.07, 6.45) is -1.16. The zero-order chi connectivity index (χ0) is 18.2. The summed E-state index contributed by atoms with van der Waals surface area (Å²) in [6, 6.07) is 7.94. The summed E-state index contributed by atoms with van der Waals surface area (Å²) in [4.78, 5) is 35.4. The Labute approximate surface area is 141 Å². The number of carbonyl (C=O) groups excluding carboxylic acids is 3. The molecular weight excluding hydrogens is 314 g/mol. The molecule has 0 aliphatic heterocycles. The number of ether oxygens (including phenoxy) is 3. The molecule has 0 bridgehead atoms. The number of hydrogen-bond acceptors (Lipinski definition) is 6. The lowest BCUT2D eigenvalue weighted by molar-refractivity contribution is -0.151. The minimum absolute atomic E-state index is 0.0833. The highest BCUT2D eigenvalue weighted by Crippen LogP contribution is 2.08. The van der Waals surface area contributed by atoms with E-state index in [4.69, 9.17) is 9.47 Å². The lowest BCUT2D eigenvalue weighted by Gasteiger charge is -2.22. The molecule has 0 aliphatic rings. The molecule has 1 rings (SSSR count). The van der Waals surface area contributed by atoms with E-state index in [0.29, 0.717) is 0 Å². The molecule has 0 saturated heterocycles. The Balaban J connectivity index is 2.57. The van der Waals surface area contributed by atoms with Gasteiger partial charge in [0.15, 0.2) is 0 Å². The van der Waals surface area contributed by atoms with Crippen molar-refractivity contribution in [3.05, 3.63) is 35.9 Å². The van der Waals surface area contributed by atoms with Gasteiger partial charge >= 0.3 is 18.0 Å². The van der Waals surface area contributed by atoms with Crippen LogP contribution in [0.3, 0.4) is 0 Å². The van der Waals surface area contributed by atoms with Gasteiger partial charge in [-0.2, -0.15) is 0 Å². The van der Waals surface area contributed by atoms with Gasteiger partial charge in [-0.15, -0.1) is 0 Å². The summed E-state index contributed by atoms with van der Waals surface area (Å²) in [5, 5.41) is 2.32. The third kappa shape index (κ3) is 7.62. The molecule has 0 heterocycles. The van der Waals surface area contributed by atoms with E-state index in [-0.39, 0.29) is 13.0 Å². The number of nitrogens with one attached hydrogen (secondary N) is 1. The van der Waals surface area contributed by atoms with Gasteiger partial charge in [0.1, 0.15) is 18.2 Å². The van der Waals surface area contributed by atoms with E-state index >= 15 is 0 Å². The van der Waals surface area contributed by atoms with Crippen LogP contribution in [0.5, 0.6) is 0 Å². The molecule has 1 aromatic carbocycles. The molecule has 0 fully saturated rings. The molecule has 0 radical (unpaired) electrons. The van der Waals surface area contributed by atoms with Gasteiger partial charge in [0.2, 0.25) is 0 Å². The fraction of sp³-hybridized carbons (Fsp3) is 0.471. The van der Waals surface area contributed by atoms with Crippen LogP contribution in [-0.4, -0.2) is 36.8 Å². The summed E-state index contributed by atoms with van der Waals surface area (Å²) in [6.45, 7) is 5.15. The van der Waals surface area contributed by atoms with E-state index in [0.717, 1.165) is 5.56 Å². The number of hydrogen-bond donors (Lipinski definition) is 1. The van der Waals surface area contributed by atoms with E-state index in [1.807, 2.05) is 30.3 Å². The van der Waals surface area contributed by atoms with Gasteiger partial charge < -0.3 is 19.5 Å². The Bertz CT molecular complexity index is 564. The van der Waals surface area contributed by atoms with Crippen LogP contribution in [0.25, 0.3) is 0 Å². The lowest BCUT2D eigenvalue weighted by atomic mass is 10.2. The number of rotatable bonds is 6. The monoisotopic (exact) mass is 337 g/mol. The maximum atomic E-state index is 11.9. The third-order valence-corrected chi connectivity index (χ3v) is 2.79. The first-order valence-corrected chi connectivity index (χ1v) is 7.48. The molecule has 1 N–H and O–H groups in total. The second kappa shape index (κ2) is 8.90. The van der Waals surface area contributed by atoms with E-state index < -0.39 is 29.7 Å². The molecule has 0 spiro atoms. The highest BCUT2D eigenvalue weighted by Gasteiger charge is 2.27. The number of amides is 1. The summed E-state index contributed by atoms with van der Waals surface area (Å²) < 4.78 is 14.8. The third-order valence-electron chi connectivity index (χ3n) is 2.79. The Kier molecular flexibility index (Phi) is 7.23. The lowest BCUT2D eigenvalue weighted by Crippen LogP contribution is -2.45. The van der Waals surface area contributed by atoms with Crippen molar-refractivity contribution in [3.63, 3.8) is 0 Å². The van der Waals surface area contributed by atoms with Crippen LogP contribution in [0, 0.1) is 0 Å². The fourth-order valence-electron chi connectivity index (χ4n) is 1.75. The maximum absolute atomic E-state index is 11.9. The molecular formula is C17H23NO6. The summed E-state index contributed by atoms with van der Waals surface area (Å²) in [5.74, 6) is -1.39. The molecule has 7 nitrogen and oxygen atoms in total. The summed E-state index contributed by atoms with van der Waals surface area (Å²) in [7, 11) is 1.17. The Morgan fingerprint density at radius 2 is 1.75 bits per heavy atom. The van der Waals surface area contributed by atoms with Gasteiger partial charge in [-0.05, 0) is 26.3 Å². The minimum Gasteiger partial charge on any atom is -0.467 e. The van der Waals surface area contributed by atoms with Crippen LogP contribution in [0.4, 0.5) is 4.79 Å². The van der Waals surface area contributed by atoms with Gasteiger partial charge in [0.05, 0.1) is 13.5 Å². The first kappa shape index (κ1) is 19.5. The Morgan fingerprint density at radius 3 is 2.29 bits per heavy atom. The molecule has 1 aromatic rings. The number of methoxy groups -OCH3 is 1. The highest BCUT2D eigenvalue weighted by molar-refractivity contribution is 5.86. The molecule has 132 valence electrons. The van der Waals surface area contributed by atoms with Crippen molar-refractivity contribution in [2.24, 2.45) is 0 Å². The summed E-state index contributed by atoms with van der Waals surface area (Å²) >= 11 is 0. The number of benzene rings is 1. The van der Waals surface area contributed by atoms with E-state index in [1.165, 1.54) is 7.11 Å². The van der Waals surface area contributed by atoms with Crippen LogP contribution in [0.2, 0.25) is 0 Å². The molecule has 7 heteroatoms. The van der Waals surface area contributed by atoms with Gasteiger partial charge in [-0.25, -0.2) is 9.59 Å². The maximum Gasteiger partial charge on any atom is 0.408 e. The smallest absolute Gasteiger partial charge is 0.408 e. The van der Waals surface area contributed by atoms with Crippen LogP contribution >= 0.6 is 0 Å². The van der Waals surface area contributed by atoms with Crippen molar-refractivity contribution >= 4 is 18.0 Å². The molecule has 1 amide bonds. The van der Waals surface area contributed by atoms with Crippen LogP contribution < -0.4 is 5.32 Å². The first-order valence-electron chi connectivity index (χ1n) is 7.48. The van der Waals surface area contributed by atoms with Crippen molar-refractivity contribution in [2.75, 3.05) is 7.11 Å². The molecule has 0 aliphatic carbocycles. The average Bonchev–Trinajstić information content (AvgIpc) is 2.50. The van der Waals surface area contributed by atoms with E-state index in [1.54, 1.807) is 20.8 Å². The number of carbonyl (C=O) groups is 3. The molecule has 24 heavy (non-hydrogen) atoms. The topological polar surface area (TPSA) is 90.9 Å². The highest BCUT2D eigenvalue weighted by atomic mass is 16.6. The van der Waals surface area contributed by atoms with Crippen molar-refractivity contribution < 1.29 is 28.6 Å². The molecule has 1 atom stereocenters. The van der Waals surface area contributed by atoms with Crippen molar-refractivity contribution in [1.29, 1.82) is 0 Å². The zero-order valence-corrected chi connectivity index (χ0v) is 14.3.